The van der Waals surface area contributed by atoms with Crippen LogP contribution in [-0.2, 0) is 9.59 Å². The minimum absolute atomic E-state index is 0.00945. The van der Waals surface area contributed by atoms with E-state index in [9.17, 15) is 9.59 Å². The first-order chi connectivity index (χ1) is 10.5. The lowest BCUT2D eigenvalue weighted by Crippen LogP contribution is -2.54. The van der Waals surface area contributed by atoms with Crippen LogP contribution in [0.2, 0.25) is 0 Å². The lowest BCUT2D eigenvalue weighted by Gasteiger charge is -2.29. The summed E-state index contributed by atoms with van der Waals surface area (Å²) in [6, 6.07) is -0.0444. The molecule has 2 aliphatic heterocycles. The lowest BCUT2D eigenvalue weighted by molar-refractivity contribution is -0.136. The molecule has 2 radical (unpaired) electrons. The van der Waals surface area contributed by atoms with Gasteiger partial charge in [-0.15, -0.1) is 0 Å². The zero-order chi connectivity index (χ0) is 16.1. The summed E-state index contributed by atoms with van der Waals surface area (Å²) in [5.41, 5.74) is 9.79. The molecule has 7 nitrogen and oxygen atoms in total. The van der Waals surface area contributed by atoms with Crippen molar-refractivity contribution in [3.63, 3.8) is 0 Å². The Morgan fingerprint density at radius 3 is 3.05 bits per heavy atom. The third kappa shape index (κ3) is 3.76. The van der Waals surface area contributed by atoms with E-state index >= 15 is 0 Å². The van der Waals surface area contributed by atoms with Gasteiger partial charge in [-0.3, -0.25) is 19.6 Å². The Labute approximate surface area is 131 Å². The largest absolute Gasteiger partial charge is 0.401 e. The minimum Gasteiger partial charge on any atom is -0.401 e. The van der Waals surface area contributed by atoms with E-state index in [0.29, 0.717) is 5.70 Å². The van der Waals surface area contributed by atoms with Gasteiger partial charge in [0.25, 0.3) is 5.91 Å². The number of hydrogen-bond acceptors (Lipinski definition) is 5. The first kappa shape index (κ1) is 16.3. The second kappa shape index (κ2) is 7.26. The zero-order valence-electron chi connectivity index (χ0n) is 12.6. The van der Waals surface area contributed by atoms with Gasteiger partial charge < -0.3 is 11.1 Å². The molecule has 4 N–H and O–H groups in total. The van der Waals surface area contributed by atoms with E-state index in [1.54, 1.807) is 6.21 Å². The number of amides is 2. The highest BCUT2D eigenvalue weighted by Gasteiger charge is 2.25. The number of hydrazine groups is 1. The van der Waals surface area contributed by atoms with E-state index in [0.717, 1.165) is 25.0 Å². The summed E-state index contributed by atoms with van der Waals surface area (Å²) in [4.78, 5) is 28.2. The first-order valence-corrected chi connectivity index (χ1v) is 7.30. The fourth-order valence-electron chi connectivity index (χ4n) is 2.39. The normalized spacial score (nSPS) is 20.0. The maximum atomic E-state index is 12.2. The van der Waals surface area contributed by atoms with Crippen LogP contribution in [-0.4, -0.2) is 56.6 Å². The number of hydrogen-bond donors (Lipinski definition) is 3. The van der Waals surface area contributed by atoms with Crippen molar-refractivity contribution in [1.29, 1.82) is 0 Å². The molecule has 2 aliphatic rings. The van der Waals surface area contributed by atoms with Gasteiger partial charge in [-0.1, -0.05) is 6.92 Å². The number of carbonyl (C=O) groups is 2. The summed E-state index contributed by atoms with van der Waals surface area (Å²) in [6.45, 7) is 2.89. The van der Waals surface area contributed by atoms with Crippen molar-refractivity contribution in [2.45, 2.75) is 25.8 Å². The highest BCUT2D eigenvalue weighted by molar-refractivity contribution is 6.37. The Balaban J connectivity index is 1.93. The van der Waals surface area contributed by atoms with E-state index < -0.39 is 5.91 Å². The summed E-state index contributed by atoms with van der Waals surface area (Å²) >= 11 is 0. The SMILES string of the molecule is [B]C1=C(N)CNN(CC(=O)NC(CC)C2=CC=NCC2)C1=O. The van der Waals surface area contributed by atoms with Crippen LogP contribution >= 0.6 is 0 Å². The maximum absolute atomic E-state index is 12.2. The van der Waals surface area contributed by atoms with Crippen LogP contribution in [0.5, 0.6) is 0 Å². The van der Waals surface area contributed by atoms with E-state index in [2.05, 4.69) is 15.7 Å². The average molecular weight is 301 g/mol. The Hall–Kier alpha value is -2.09. The molecule has 0 aromatic heterocycles. The van der Waals surface area contributed by atoms with Crippen molar-refractivity contribution in [3.05, 3.63) is 22.8 Å². The molecule has 2 rings (SSSR count). The van der Waals surface area contributed by atoms with Crippen LogP contribution in [0.3, 0.4) is 0 Å². The lowest BCUT2D eigenvalue weighted by atomic mass is 9.91. The molecule has 2 heterocycles. The van der Waals surface area contributed by atoms with Gasteiger partial charge in [-0.2, -0.15) is 0 Å². The third-order valence-electron chi connectivity index (χ3n) is 3.70. The third-order valence-corrected chi connectivity index (χ3v) is 3.70. The van der Waals surface area contributed by atoms with Gasteiger partial charge in [0.2, 0.25) is 5.91 Å². The highest BCUT2D eigenvalue weighted by Crippen LogP contribution is 2.13. The molecule has 22 heavy (non-hydrogen) atoms. The molecular formula is C14H20BN5O2. The molecule has 1 atom stereocenters. The molecule has 116 valence electrons. The van der Waals surface area contributed by atoms with Crippen molar-refractivity contribution in [2.24, 2.45) is 10.7 Å². The Kier molecular flexibility index (Phi) is 5.38. The first-order valence-electron chi connectivity index (χ1n) is 7.30. The number of nitrogens with two attached hydrogens (primary N) is 1. The standard InChI is InChI=1S/C14H20BN5O2/c1-2-11(9-3-5-17-6-4-9)19-12(21)8-20-14(22)13(15)10(16)7-18-20/h3,5,11,18H,2,4,6-8,16H2,1H3,(H,19,21). The van der Waals surface area contributed by atoms with Crippen LogP contribution in [0, 0.1) is 0 Å². The van der Waals surface area contributed by atoms with Crippen molar-refractivity contribution in [3.8, 4) is 0 Å². The van der Waals surface area contributed by atoms with Crippen molar-refractivity contribution >= 4 is 25.9 Å². The summed E-state index contributed by atoms with van der Waals surface area (Å²) in [5, 5.41) is 4.12. The number of carbonyl (C=O) groups excluding carboxylic acids is 2. The monoisotopic (exact) mass is 301 g/mol. The number of aliphatic imine (C=N–C) groups is 1. The number of nitrogens with zero attached hydrogens (tertiary/aromatic N) is 2. The van der Waals surface area contributed by atoms with Crippen LogP contribution in [0.4, 0.5) is 0 Å². The van der Waals surface area contributed by atoms with E-state index in [1.807, 2.05) is 13.0 Å². The molecule has 0 aromatic rings. The van der Waals surface area contributed by atoms with Crippen LogP contribution in [0.15, 0.2) is 27.8 Å². The van der Waals surface area contributed by atoms with E-state index in [1.165, 1.54) is 5.01 Å². The van der Waals surface area contributed by atoms with Crippen molar-refractivity contribution in [2.75, 3.05) is 19.6 Å². The van der Waals surface area contributed by atoms with Gasteiger partial charge in [0, 0.05) is 18.5 Å². The molecule has 0 aromatic carbocycles. The molecule has 0 spiro atoms. The van der Waals surface area contributed by atoms with Crippen molar-refractivity contribution in [1.82, 2.24) is 15.8 Å². The average Bonchev–Trinajstić information content (AvgIpc) is 2.54. The number of dihydropyridines is 1. The molecule has 2 amide bonds. The second-order valence-corrected chi connectivity index (χ2v) is 5.24. The zero-order valence-corrected chi connectivity index (χ0v) is 12.6. The molecule has 0 fully saturated rings. The van der Waals surface area contributed by atoms with Crippen LogP contribution in [0.1, 0.15) is 19.8 Å². The Bertz CT molecular complexity index is 555. The summed E-state index contributed by atoms with van der Waals surface area (Å²) in [5.74, 6) is -0.722. The fraction of sp³-hybridized carbons (Fsp3) is 0.500. The molecule has 8 heteroatoms. The minimum atomic E-state index is -0.476. The van der Waals surface area contributed by atoms with Gasteiger partial charge in [0.1, 0.15) is 14.4 Å². The molecule has 0 saturated carbocycles. The fourth-order valence-corrected chi connectivity index (χ4v) is 2.39. The summed E-state index contributed by atoms with van der Waals surface area (Å²) in [6.07, 6.45) is 5.31. The number of allylic oxidation sites excluding steroid dienone is 1. The van der Waals surface area contributed by atoms with Gasteiger partial charge in [0.05, 0.1) is 12.6 Å². The summed E-state index contributed by atoms with van der Waals surface area (Å²) in [7, 11) is 5.60. The molecule has 0 bridgehead atoms. The molecule has 0 aliphatic carbocycles. The Morgan fingerprint density at radius 2 is 2.41 bits per heavy atom. The van der Waals surface area contributed by atoms with Gasteiger partial charge in [0.15, 0.2) is 0 Å². The topological polar surface area (TPSA) is 99.8 Å². The summed E-state index contributed by atoms with van der Waals surface area (Å²) < 4.78 is 0. The maximum Gasteiger partial charge on any atom is 0.255 e. The van der Waals surface area contributed by atoms with E-state index in [-0.39, 0.29) is 30.5 Å². The van der Waals surface area contributed by atoms with Crippen LogP contribution < -0.4 is 16.5 Å². The van der Waals surface area contributed by atoms with E-state index in [4.69, 9.17) is 13.6 Å². The van der Waals surface area contributed by atoms with Gasteiger partial charge in [-0.05, 0) is 30.0 Å². The molecule has 0 saturated heterocycles. The van der Waals surface area contributed by atoms with Gasteiger partial charge >= 0.3 is 0 Å². The van der Waals surface area contributed by atoms with Gasteiger partial charge in [-0.25, -0.2) is 5.43 Å². The predicted octanol–water partition coefficient (Wildman–Crippen LogP) is -1.03. The van der Waals surface area contributed by atoms with Crippen molar-refractivity contribution < 1.29 is 9.59 Å². The smallest absolute Gasteiger partial charge is 0.255 e. The predicted molar refractivity (Wildman–Crippen MR) is 85.0 cm³/mol. The quantitative estimate of drug-likeness (QED) is 0.565. The second-order valence-electron chi connectivity index (χ2n) is 5.24. The highest BCUT2D eigenvalue weighted by atomic mass is 16.2. The number of nitrogens with one attached hydrogen (secondary N) is 2. The van der Waals surface area contributed by atoms with Crippen LogP contribution in [0.25, 0.3) is 0 Å². The Morgan fingerprint density at radius 1 is 1.64 bits per heavy atom. The number of rotatable bonds is 5. The molecular weight excluding hydrogens is 281 g/mol. The molecule has 1 unspecified atom stereocenters.